The van der Waals surface area contributed by atoms with E-state index >= 15 is 0 Å². The van der Waals surface area contributed by atoms with Crippen LogP contribution in [0.2, 0.25) is 0 Å². The predicted molar refractivity (Wildman–Crippen MR) is 51.7 cm³/mol. The number of hydrogen-bond acceptors (Lipinski definition) is 4. The Bertz CT molecular complexity index is 141. The van der Waals surface area contributed by atoms with Gasteiger partial charge in [0.25, 0.3) is 0 Å². The Morgan fingerprint density at radius 1 is 1.31 bits per heavy atom. The lowest BCUT2D eigenvalue weighted by Gasteiger charge is -2.47. The molecule has 0 aliphatic carbocycles. The van der Waals surface area contributed by atoms with E-state index in [1.54, 1.807) is 14.2 Å². The van der Waals surface area contributed by atoms with E-state index in [4.69, 9.17) is 9.47 Å². The van der Waals surface area contributed by atoms with Crippen molar-refractivity contribution in [2.75, 3.05) is 46.9 Å². The molecular formula is C9H20N2O2. The monoisotopic (exact) mass is 188 g/mol. The summed E-state index contributed by atoms with van der Waals surface area (Å²) >= 11 is 0. The minimum Gasteiger partial charge on any atom is -0.351 e. The second-order valence-corrected chi connectivity index (χ2v) is 3.38. The number of nitrogens with zero attached hydrogens (tertiary/aromatic N) is 1. The van der Waals surface area contributed by atoms with E-state index in [0.717, 1.165) is 32.7 Å². The van der Waals surface area contributed by atoms with Crippen LogP contribution in [0.1, 0.15) is 6.92 Å². The normalized spacial score (nSPS) is 21.5. The van der Waals surface area contributed by atoms with Crippen LogP contribution >= 0.6 is 0 Å². The number of hydrogen-bond donors (Lipinski definition) is 1. The zero-order valence-electron chi connectivity index (χ0n) is 8.80. The summed E-state index contributed by atoms with van der Waals surface area (Å²) in [5.41, 5.74) is 0. The third kappa shape index (κ3) is 2.64. The smallest absolute Gasteiger partial charge is 0.193 e. The highest BCUT2D eigenvalue weighted by molar-refractivity contribution is 4.89. The van der Waals surface area contributed by atoms with Crippen LogP contribution in [0.25, 0.3) is 0 Å². The number of likely N-dealkylation sites (N-methyl/N-ethyl adjacent to an activating group) is 1. The lowest BCUT2D eigenvalue weighted by molar-refractivity contribution is -0.274. The van der Waals surface area contributed by atoms with Gasteiger partial charge in [0.15, 0.2) is 5.79 Å². The predicted octanol–water partition coefficient (Wildman–Crippen LogP) is -0.0994. The van der Waals surface area contributed by atoms with Crippen molar-refractivity contribution >= 4 is 0 Å². The van der Waals surface area contributed by atoms with Gasteiger partial charge in [-0.1, -0.05) is 6.92 Å². The number of likely N-dealkylation sites (tertiary alicyclic amines) is 1. The molecule has 1 rings (SSSR count). The number of ether oxygens (including phenoxy) is 2. The fraction of sp³-hybridized carbons (Fsp3) is 1.00. The van der Waals surface area contributed by atoms with Gasteiger partial charge in [-0.3, -0.25) is 4.90 Å². The largest absolute Gasteiger partial charge is 0.351 e. The molecule has 0 aromatic rings. The summed E-state index contributed by atoms with van der Waals surface area (Å²) in [6, 6.07) is 0. The fourth-order valence-corrected chi connectivity index (χ4v) is 1.55. The van der Waals surface area contributed by atoms with Gasteiger partial charge < -0.3 is 14.8 Å². The molecule has 0 aromatic heterocycles. The Morgan fingerprint density at radius 3 is 2.38 bits per heavy atom. The van der Waals surface area contributed by atoms with E-state index in [9.17, 15) is 0 Å². The molecule has 0 bridgehead atoms. The van der Waals surface area contributed by atoms with Crippen molar-refractivity contribution in [2.45, 2.75) is 12.7 Å². The Hall–Kier alpha value is -0.160. The van der Waals surface area contributed by atoms with E-state index in [1.165, 1.54) is 0 Å². The molecule has 1 heterocycles. The second-order valence-electron chi connectivity index (χ2n) is 3.38. The Kier molecular flexibility index (Phi) is 4.12. The summed E-state index contributed by atoms with van der Waals surface area (Å²) < 4.78 is 10.6. The first-order valence-corrected chi connectivity index (χ1v) is 4.79. The quantitative estimate of drug-likeness (QED) is 0.466. The van der Waals surface area contributed by atoms with Gasteiger partial charge in [0.1, 0.15) is 0 Å². The Balaban J connectivity index is 2.09. The zero-order valence-corrected chi connectivity index (χ0v) is 8.80. The maximum atomic E-state index is 5.28. The molecule has 78 valence electrons. The fourth-order valence-electron chi connectivity index (χ4n) is 1.55. The molecule has 1 aliphatic heterocycles. The molecule has 0 spiro atoms. The Labute approximate surface area is 80.2 Å². The SMILES string of the molecule is CCNCCN1CC(OC)(OC)C1. The van der Waals surface area contributed by atoms with Gasteiger partial charge in [-0.05, 0) is 6.54 Å². The van der Waals surface area contributed by atoms with E-state index in [0.29, 0.717) is 0 Å². The summed E-state index contributed by atoms with van der Waals surface area (Å²) in [6.07, 6.45) is 0. The van der Waals surface area contributed by atoms with Crippen LogP contribution in [0.4, 0.5) is 0 Å². The van der Waals surface area contributed by atoms with Crippen LogP contribution in [0.15, 0.2) is 0 Å². The third-order valence-corrected chi connectivity index (χ3v) is 2.53. The van der Waals surface area contributed by atoms with Crippen LogP contribution in [-0.2, 0) is 9.47 Å². The molecule has 0 aromatic carbocycles. The molecule has 0 unspecified atom stereocenters. The van der Waals surface area contributed by atoms with Crippen LogP contribution in [-0.4, -0.2) is 57.6 Å². The van der Waals surface area contributed by atoms with E-state index in [-0.39, 0.29) is 5.79 Å². The van der Waals surface area contributed by atoms with Crippen LogP contribution in [0.5, 0.6) is 0 Å². The van der Waals surface area contributed by atoms with E-state index < -0.39 is 0 Å². The Morgan fingerprint density at radius 2 is 1.92 bits per heavy atom. The molecule has 0 atom stereocenters. The van der Waals surface area contributed by atoms with Gasteiger partial charge >= 0.3 is 0 Å². The van der Waals surface area contributed by atoms with Crippen molar-refractivity contribution in [3.8, 4) is 0 Å². The van der Waals surface area contributed by atoms with Gasteiger partial charge in [0, 0.05) is 27.3 Å². The van der Waals surface area contributed by atoms with Crippen LogP contribution in [0.3, 0.4) is 0 Å². The summed E-state index contributed by atoms with van der Waals surface area (Å²) in [4.78, 5) is 2.32. The maximum Gasteiger partial charge on any atom is 0.193 e. The van der Waals surface area contributed by atoms with Crippen LogP contribution < -0.4 is 5.32 Å². The molecular weight excluding hydrogens is 168 g/mol. The van der Waals surface area contributed by atoms with Crippen molar-refractivity contribution in [3.63, 3.8) is 0 Å². The van der Waals surface area contributed by atoms with Crippen molar-refractivity contribution < 1.29 is 9.47 Å². The first kappa shape index (κ1) is 10.9. The average Bonchev–Trinajstić information content (AvgIpc) is 2.10. The molecule has 0 amide bonds. The lowest BCUT2D eigenvalue weighted by atomic mass is 10.1. The topological polar surface area (TPSA) is 33.7 Å². The van der Waals surface area contributed by atoms with Gasteiger partial charge in [-0.2, -0.15) is 0 Å². The lowest BCUT2D eigenvalue weighted by Crippen LogP contribution is -2.64. The van der Waals surface area contributed by atoms with Gasteiger partial charge in [0.2, 0.25) is 0 Å². The average molecular weight is 188 g/mol. The molecule has 1 N–H and O–H groups in total. The number of rotatable bonds is 6. The summed E-state index contributed by atoms with van der Waals surface area (Å²) in [5, 5.41) is 3.29. The number of nitrogens with one attached hydrogen (secondary N) is 1. The highest BCUT2D eigenvalue weighted by Crippen LogP contribution is 2.24. The highest BCUT2D eigenvalue weighted by Gasteiger charge is 2.43. The first-order valence-electron chi connectivity index (χ1n) is 4.79. The molecule has 13 heavy (non-hydrogen) atoms. The van der Waals surface area contributed by atoms with Crippen molar-refractivity contribution in [3.05, 3.63) is 0 Å². The van der Waals surface area contributed by atoms with Crippen molar-refractivity contribution in [1.29, 1.82) is 0 Å². The van der Waals surface area contributed by atoms with Crippen LogP contribution in [0, 0.1) is 0 Å². The minimum absolute atomic E-state index is 0.327. The summed E-state index contributed by atoms with van der Waals surface area (Å²) in [6.45, 7) is 7.03. The summed E-state index contributed by atoms with van der Waals surface area (Å²) in [7, 11) is 3.40. The molecule has 1 aliphatic rings. The molecule has 1 saturated heterocycles. The van der Waals surface area contributed by atoms with Crippen molar-refractivity contribution in [1.82, 2.24) is 10.2 Å². The zero-order chi connectivity index (χ0) is 9.73. The van der Waals surface area contributed by atoms with Crippen molar-refractivity contribution in [2.24, 2.45) is 0 Å². The number of methoxy groups -OCH3 is 2. The third-order valence-electron chi connectivity index (χ3n) is 2.53. The van der Waals surface area contributed by atoms with Gasteiger partial charge in [-0.25, -0.2) is 0 Å². The minimum atomic E-state index is -0.327. The maximum absolute atomic E-state index is 5.28. The standard InChI is InChI=1S/C9H20N2O2/c1-4-10-5-6-11-7-9(8-11,12-2)13-3/h10H,4-8H2,1-3H3. The molecule has 0 saturated carbocycles. The molecule has 4 nitrogen and oxygen atoms in total. The summed E-state index contributed by atoms with van der Waals surface area (Å²) in [5.74, 6) is -0.327. The highest BCUT2D eigenvalue weighted by atomic mass is 16.7. The molecule has 1 fully saturated rings. The van der Waals surface area contributed by atoms with E-state index in [1.807, 2.05) is 0 Å². The van der Waals surface area contributed by atoms with Gasteiger partial charge in [-0.15, -0.1) is 0 Å². The van der Waals surface area contributed by atoms with E-state index in [2.05, 4.69) is 17.1 Å². The first-order chi connectivity index (χ1) is 6.26. The van der Waals surface area contributed by atoms with Gasteiger partial charge in [0.05, 0.1) is 13.1 Å². The molecule has 0 radical (unpaired) electrons. The molecule has 4 heteroatoms. The second kappa shape index (κ2) is 4.91.